The minimum Gasteiger partial charge on any atom is -0.486 e. The number of nitrogens with one attached hydrogen (secondary N) is 2. The van der Waals surface area contributed by atoms with Crippen molar-refractivity contribution in [3.63, 3.8) is 0 Å². The molecule has 0 unspecified atom stereocenters. The molecule has 0 amide bonds. The maximum Gasteiger partial charge on any atom is 0.123 e. The molecule has 2 aromatic heterocycles. The first-order chi connectivity index (χ1) is 17.6. The van der Waals surface area contributed by atoms with E-state index in [-0.39, 0.29) is 6.10 Å². The molecule has 5 rings (SSSR count). The average molecular weight is 503 g/mol. The average Bonchev–Trinajstić information content (AvgIpc) is 3.29. The highest BCUT2D eigenvalue weighted by Crippen LogP contribution is 2.31. The molecular formula is C29H31ClN4O2. The molecule has 2 N–H and O–H groups in total. The number of halogens is 1. The van der Waals surface area contributed by atoms with Crippen LogP contribution in [0.3, 0.4) is 0 Å². The summed E-state index contributed by atoms with van der Waals surface area (Å²) >= 11 is 6.39. The second-order valence-electron chi connectivity index (χ2n) is 9.27. The number of aromatic amines is 1. The molecule has 0 bridgehead atoms. The highest BCUT2D eigenvalue weighted by molar-refractivity contribution is 6.31. The highest BCUT2D eigenvalue weighted by atomic mass is 35.5. The fourth-order valence-electron chi connectivity index (χ4n) is 4.68. The van der Waals surface area contributed by atoms with Crippen LogP contribution in [0.4, 0.5) is 0 Å². The lowest BCUT2D eigenvalue weighted by atomic mass is 10.1. The Bertz CT molecular complexity index is 1340. The number of benzene rings is 2. The molecule has 1 aliphatic heterocycles. The van der Waals surface area contributed by atoms with Crippen molar-refractivity contribution in [3.05, 3.63) is 87.8 Å². The van der Waals surface area contributed by atoms with Crippen molar-refractivity contribution in [1.82, 2.24) is 20.5 Å². The van der Waals surface area contributed by atoms with Crippen LogP contribution >= 0.6 is 11.6 Å². The smallest absolute Gasteiger partial charge is 0.123 e. The van der Waals surface area contributed by atoms with Gasteiger partial charge in [-0.1, -0.05) is 41.9 Å². The van der Waals surface area contributed by atoms with Crippen LogP contribution in [0.1, 0.15) is 53.8 Å². The van der Waals surface area contributed by atoms with E-state index in [1.165, 1.54) is 5.56 Å². The Kier molecular flexibility index (Phi) is 7.66. The lowest BCUT2D eigenvalue weighted by Gasteiger charge is -2.23. The van der Waals surface area contributed by atoms with Gasteiger partial charge in [-0.3, -0.25) is 10.1 Å². The number of rotatable bonds is 8. The summed E-state index contributed by atoms with van der Waals surface area (Å²) in [6, 6.07) is 15.1. The van der Waals surface area contributed by atoms with Crippen molar-refractivity contribution in [2.45, 2.75) is 45.4 Å². The van der Waals surface area contributed by atoms with Gasteiger partial charge in [-0.05, 0) is 67.7 Å². The molecule has 2 aromatic carbocycles. The third kappa shape index (κ3) is 5.78. The molecular weight excluding hydrogens is 472 g/mol. The first kappa shape index (κ1) is 24.5. The van der Waals surface area contributed by atoms with Crippen LogP contribution in [0.2, 0.25) is 5.02 Å². The number of hydrogen-bond acceptors (Lipinski definition) is 5. The van der Waals surface area contributed by atoms with Crippen LogP contribution < -0.4 is 10.1 Å². The minimum atomic E-state index is -0.207. The van der Waals surface area contributed by atoms with Crippen molar-refractivity contribution in [2.24, 2.45) is 0 Å². The molecule has 0 aliphatic carbocycles. The molecule has 1 aliphatic rings. The van der Waals surface area contributed by atoms with Gasteiger partial charge in [0.25, 0.3) is 0 Å². The van der Waals surface area contributed by atoms with Gasteiger partial charge in [-0.25, -0.2) is 0 Å². The number of fused-ring (bicyclic) bond motifs is 1. The van der Waals surface area contributed by atoms with Gasteiger partial charge in [0.2, 0.25) is 0 Å². The number of aryl methyl sites for hydroxylation is 1. The third-order valence-electron chi connectivity index (χ3n) is 6.62. The van der Waals surface area contributed by atoms with Crippen molar-refractivity contribution in [2.75, 3.05) is 13.2 Å². The van der Waals surface area contributed by atoms with Crippen LogP contribution in [-0.4, -0.2) is 34.4 Å². The summed E-state index contributed by atoms with van der Waals surface area (Å²) in [6.07, 6.45) is 9.55. The zero-order valence-corrected chi connectivity index (χ0v) is 21.4. The van der Waals surface area contributed by atoms with Gasteiger partial charge in [-0.15, -0.1) is 0 Å². The van der Waals surface area contributed by atoms with Gasteiger partial charge in [0, 0.05) is 49.1 Å². The lowest BCUT2D eigenvalue weighted by Crippen LogP contribution is -2.34. The van der Waals surface area contributed by atoms with Gasteiger partial charge < -0.3 is 14.8 Å². The van der Waals surface area contributed by atoms with E-state index in [4.69, 9.17) is 21.1 Å². The summed E-state index contributed by atoms with van der Waals surface area (Å²) in [7, 11) is 0. The predicted octanol–water partition coefficient (Wildman–Crippen LogP) is 6.50. The van der Waals surface area contributed by atoms with E-state index < -0.39 is 0 Å². The maximum absolute atomic E-state index is 6.39. The predicted molar refractivity (Wildman–Crippen MR) is 145 cm³/mol. The first-order valence-corrected chi connectivity index (χ1v) is 12.8. The third-order valence-corrected chi connectivity index (χ3v) is 6.92. The van der Waals surface area contributed by atoms with Crippen LogP contribution in [-0.2, 0) is 11.3 Å². The van der Waals surface area contributed by atoms with Crippen molar-refractivity contribution in [3.8, 4) is 5.75 Å². The Balaban J connectivity index is 1.29. The van der Waals surface area contributed by atoms with Gasteiger partial charge in [0.1, 0.15) is 11.9 Å². The molecule has 1 fully saturated rings. The Hall–Kier alpha value is -3.19. The Morgan fingerprint density at radius 2 is 2.03 bits per heavy atom. The fourth-order valence-corrected chi connectivity index (χ4v) is 5.04. The molecule has 4 aromatic rings. The molecule has 1 saturated heterocycles. The topological polar surface area (TPSA) is 72.1 Å². The number of ether oxygens (including phenoxy) is 2. The van der Waals surface area contributed by atoms with E-state index in [1.807, 2.05) is 38.1 Å². The summed E-state index contributed by atoms with van der Waals surface area (Å²) < 4.78 is 11.7. The largest absolute Gasteiger partial charge is 0.486 e. The highest BCUT2D eigenvalue weighted by Gasteiger charge is 2.16. The molecule has 0 radical (unpaired) electrons. The van der Waals surface area contributed by atoms with E-state index in [0.717, 1.165) is 71.6 Å². The monoisotopic (exact) mass is 502 g/mol. The second kappa shape index (κ2) is 11.2. The summed E-state index contributed by atoms with van der Waals surface area (Å²) in [5.41, 5.74) is 6.19. The van der Waals surface area contributed by atoms with Crippen LogP contribution in [0, 0.1) is 6.92 Å². The Morgan fingerprint density at radius 1 is 1.17 bits per heavy atom. The van der Waals surface area contributed by atoms with Crippen LogP contribution in [0.5, 0.6) is 5.75 Å². The van der Waals surface area contributed by atoms with E-state index >= 15 is 0 Å². The normalized spacial score (nSPS) is 15.5. The van der Waals surface area contributed by atoms with Gasteiger partial charge >= 0.3 is 0 Å². The van der Waals surface area contributed by atoms with Crippen LogP contribution in [0.15, 0.2) is 54.9 Å². The molecule has 186 valence electrons. The number of nitrogens with zero attached hydrogens (tertiary/aromatic N) is 2. The van der Waals surface area contributed by atoms with E-state index in [1.54, 1.807) is 12.4 Å². The standard InChI is InChI=1S/C29H31ClN4O2/c1-19-16-31-18-26(30)29(19)20(2)36-24-7-9-28-25(15-24)27(33-34-28)8-6-21-4-3-5-22(14-21)17-32-23-10-12-35-13-11-23/h3-9,14-16,18,20,23,32H,10-13,17H2,1-2H3,(H,33,34)/b8-6+/t20-/m1/s1. The number of hydrogen-bond donors (Lipinski definition) is 2. The fraction of sp³-hybridized carbons (Fsp3) is 0.310. The Labute approximate surface area is 216 Å². The maximum atomic E-state index is 6.39. The Morgan fingerprint density at radius 3 is 2.86 bits per heavy atom. The molecule has 0 saturated carbocycles. The molecule has 6 nitrogen and oxygen atoms in total. The summed E-state index contributed by atoms with van der Waals surface area (Å²) in [6.45, 7) is 6.55. The van der Waals surface area contributed by atoms with Gasteiger partial charge in [0.05, 0.1) is 16.2 Å². The van der Waals surface area contributed by atoms with Crippen LogP contribution in [0.25, 0.3) is 23.1 Å². The van der Waals surface area contributed by atoms with Gasteiger partial charge in [0.15, 0.2) is 0 Å². The SMILES string of the molecule is Cc1cncc(Cl)c1[C@@H](C)Oc1ccc2[nH]nc(/C=C/c3cccc(CNC4CCOCC4)c3)c2c1. The molecule has 3 heterocycles. The number of H-pyrrole nitrogens is 1. The van der Waals surface area contributed by atoms with Crippen molar-refractivity contribution >= 4 is 34.7 Å². The van der Waals surface area contributed by atoms with E-state index in [9.17, 15) is 0 Å². The molecule has 36 heavy (non-hydrogen) atoms. The minimum absolute atomic E-state index is 0.207. The summed E-state index contributed by atoms with van der Waals surface area (Å²) in [4.78, 5) is 4.15. The second-order valence-corrected chi connectivity index (χ2v) is 9.68. The zero-order chi connectivity index (χ0) is 24.9. The lowest BCUT2D eigenvalue weighted by molar-refractivity contribution is 0.0776. The quantitative estimate of drug-likeness (QED) is 0.288. The summed E-state index contributed by atoms with van der Waals surface area (Å²) in [5, 5.41) is 12.9. The molecule has 1 atom stereocenters. The van der Waals surface area contributed by atoms with Gasteiger partial charge in [-0.2, -0.15) is 5.10 Å². The summed E-state index contributed by atoms with van der Waals surface area (Å²) in [5.74, 6) is 0.763. The molecule has 7 heteroatoms. The van der Waals surface area contributed by atoms with Crippen molar-refractivity contribution in [1.29, 1.82) is 0 Å². The van der Waals surface area contributed by atoms with Crippen molar-refractivity contribution < 1.29 is 9.47 Å². The first-order valence-electron chi connectivity index (χ1n) is 12.4. The zero-order valence-electron chi connectivity index (χ0n) is 20.6. The molecule has 0 spiro atoms. The van der Waals surface area contributed by atoms with E-state index in [0.29, 0.717) is 11.1 Å². The van der Waals surface area contributed by atoms with E-state index in [2.05, 4.69) is 50.8 Å². The number of pyridine rings is 1. The number of aromatic nitrogens is 3.